The van der Waals surface area contributed by atoms with E-state index in [9.17, 15) is 58.1 Å². The second kappa shape index (κ2) is 24.3. The maximum absolute atomic E-state index is 13.6. The molecule has 4 amide bonds. The number of benzene rings is 4. The summed E-state index contributed by atoms with van der Waals surface area (Å²) in [4.78, 5) is 62.7. The number of pyridine rings is 2. The van der Waals surface area contributed by atoms with Gasteiger partial charge in [-0.1, -0.05) is 87.4 Å². The minimum Gasteiger partial charge on any atom is -0.351 e. The second-order valence-corrected chi connectivity index (χ2v) is 26.3. The highest BCUT2D eigenvalue weighted by Crippen LogP contribution is 2.56. The van der Waals surface area contributed by atoms with Gasteiger partial charge in [0.1, 0.15) is 29.3 Å². The summed E-state index contributed by atoms with van der Waals surface area (Å²) in [6, 6.07) is 25.9. The highest BCUT2D eigenvalue weighted by atomic mass is 32.2. The van der Waals surface area contributed by atoms with Gasteiger partial charge in [-0.25, -0.2) is 9.97 Å². The Hall–Kier alpha value is -7.54. The van der Waals surface area contributed by atoms with Gasteiger partial charge in [-0.3, -0.25) is 32.8 Å². The number of aromatic nitrogens is 2. The number of nitrogens with zero attached hydrogens (tertiary/aromatic N) is 3. The van der Waals surface area contributed by atoms with Crippen LogP contribution < -0.4 is 21.3 Å². The molecule has 2 aromatic heterocycles. The van der Waals surface area contributed by atoms with E-state index in [0.717, 1.165) is 73.6 Å². The average molecular weight is 1190 g/mol. The van der Waals surface area contributed by atoms with E-state index in [4.69, 9.17) is 0 Å². The first kappa shape index (κ1) is 61.5. The molecule has 20 nitrogen and oxygen atoms in total. The van der Waals surface area contributed by atoms with Gasteiger partial charge in [0.2, 0.25) is 5.69 Å². The second-order valence-electron chi connectivity index (χ2n) is 21.6. The summed E-state index contributed by atoms with van der Waals surface area (Å²) in [6.07, 6.45) is 7.85. The third-order valence-corrected chi connectivity index (χ3v) is 17.4. The summed E-state index contributed by atoms with van der Waals surface area (Å²) in [5.41, 5.74) is 6.27. The number of hydrogen-bond acceptors (Lipinski definition) is 12. The molecule has 6 aromatic rings. The lowest BCUT2D eigenvalue weighted by Gasteiger charge is -2.24. The van der Waals surface area contributed by atoms with Gasteiger partial charge in [0.05, 0.1) is 28.1 Å². The third-order valence-electron chi connectivity index (χ3n) is 15.2. The Labute approximate surface area is 483 Å². The minimum atomic E-state index is -4.44. The summed E-state index contributed by atoms with van der Waals surface area (Å²) in [7, 11) is -13.2. The van der Waals surface area contributed by atoms with E-state index in [-0.39, 0.29) is 41.7 Å². The fourth-order valence-electron chi connectivity index (χ4n) is 11.4. The number of carbonyl (C=O) groups is 4. The highest BCUT2D eigenvalue weighted by Gasteiger charge is 2.47. The lowest BCUT2D eigenvalue weighted by atomic mass is 9.78. The first-order valence-electron chi connectivity index (χ1n) is 27.3. The Kier molecular flexibility index (Phi) is 18.1. The van der Waals surface area contributed by atoms with Crippen molar-refractivity contribution in [2.75, 3.05) is 50.0 Å². The lowest BCUT2D eigenvalue weighted by Crippen LogP contribution is -2.32. The molecule has 1 atom stereocenters. The van der Waals surface area contributed by atoms with Gasteiger partial charge in [-0.15, -0.1) is 0 Å². The number of allylic oxidation sites excluding steroid dienone is 4. The van der Waals surface area contributed by atoms with E-state index in [1.807, 2.05) is 66.7 Å². The van der Waals surface area contributed by atoms with Crippen molar-refractivity contribution in [1.82, 2.24) is 31.2 Å². The average Bonchev–Trinajstić information content (AvgIpc) is 2.47. The Morgan fingerprint density at radius 2 is 1.01 bits per heavy atom. The molecule has 8 rings (SSSR count). The minimum absolute atomic E-state index is 0.0728. The summed E-state index contributed by atoms with van der Waals surface area (Å²) in [5, 5.41) is 13.8. The Balaban J connectivity index is 1.27. The fraction of sp³-hybridized carbons (Fsp3) is 0.350. The number of hydrogen-bond donors (Lipinski definition) is 7. The number of nitrogens with one attached hydrogen (secondary N) is 4. The molecule has 1 aliphatic carbocycles. The van der Waals surface area contributed by atoms with Crippen LogP contribution in [0.1, 0.15) is 132 Å². The molecule has 0 saturated carbocycles. The normalized spacial score (nSPS) is 16.1. The molecule has 2 aliphatic rings. The number of fused-ring (bicyclic) bond motifs is 6. The molecule has 3 heterocycles. The summed E-state index contributed by atoms with van der Waals surface area (Å²) < 4.78 is 101. The topological polar surface area (TPSA) is 308 Å². The Morgan fingerprint density at radius 1 is 0.578 bits per heavy atom. The van der Waals surface area contributed by atoms with Crippen molar-refractivity contribution in [1.29, 1.82) is 0 Å². The smallest absolute Gasteiger partial charge is 0.269 e. The van der Waals surface area contributed by atoms with E-state index >= 15 is 0 Å². The molecule has 0 fully saturated rings. The quantitative estimate of drug-likeness (QED) is 0.0251. The van der Waals surface area contributed by atoms with Crippen LogP contribution in [0.25, 0.3) is 43.8 Å². The van der Waals surface area contributed by atoms with Gasteiger partial charge in [0, 0.05) is 55.6 Å². The molecule has 7 N–H and O–H groups in total. The molecule has 0 bridgehead atoms. The van der Waals surface area contributed by atoms with Crippen LogP contribution in [0.15, 0.2) is 109 Å². The van der Waals surface area contributed by atoms with Crippen molar-refractivity contribution in [3.05, 3.63) is 148 Å². The molecular weight excluding hydrogens is 1120 g/mol. The van der Waals surface area contributed by atoms with Gasteiger partial charge < -0.3 is 21.3 Å². The highest BCUT2D eigenvalue weighted by molar-refractivity contribution is 7.86. The maximum Gasteiger partial charge on any atom is 0.269 e. The lowest BCUT2D eigenvalue weighted by molar-refractivity contribution is -0.435. The molecule has 1 unspecified atom stereocenters. The monoisotopic (exact) mass is 1190 g/mol. The summed E-state index contributed by atoms with van der Waals surface area (Å²) in [5.74, 6) is -4.71. The molecule has 0 spiro atoms. The van der Waals surface area contributed by atoms with Crippen LogP contribution in [0, 0.1) is 0 Å². The number of carbonyl (C=O) groups excluding carboxylic acids is 4. The molecule has 0 saturated heterocycles. The maximum atomic E-state index is 13.6. The number of rotatable bonds is 22. The summed E-state index contributed by atoms with van der Waals surface area (Å²) >= 11 is 0. The van der Waals surface area contributed by atoms with Crippen LogP contribution in [-0.4, -0.2) is 133 Å². The molecule has 1 aliphatic heterocycles. The zero-order valence-electron chi connectivity index (χ0n) is 47.2. The molecule has 4 aromatic carbocycles. The SMILES string of the molecule is CCCC1C(=CC=CC2=[N+](CCCS(=O)(=O)O)c3c(cc(-c4cc(C(=O)NCC)nc(C(=O)NCC)c4)c4ccccc34)C2(C)C)C(C)(C)c2cc(-c3cc(C(=O)NCCS(=O)(=O)O)nc(C(=O)NCCS(=O)(=O)O)c3)c3ccccc3c21. The standard InChI is InChI=1S/C60H67N7O13S3/c1-8-17-42-45(59(4,5)46-34-43(38-18-11-13-20-40(38)53(42)46)36-32-50(57(70)63-24-28-82(75,76)77)66-51(33-36)58(71)64-25-29-83(78,79)80)22-15-23-52-60(6,7)47-35-44(37-30-48(55(68)61-9-2)65-49(31-37)56(69)62-10-3)39-19-12-14-21-41(39)54(47)67(52)26-16-27-81(72,73)74/h11-15,18-23,30-35,42H,8-10,16-17,24-29H2,1-7H3,(H6-,61,62,63,64,68,69,70,71,72,73,74,75,76,77,78,79,80)/p+1. The van der Waals surface area contributed by atoms with Crippen LogP contribution in [0.2, 0.25) is 0 Å². The van der Waals surface area contributed by atoms with E-state index in [1.165, 1.54) is 12.1 Å². The van der Waals surface area contributed by atoms with Crippen LogP contribution >= 0.6 is 0 Å². The Morgan fingerprint density at radius 3 is 1.47 bits per heavy atom. The van der Waals surface area contributed by atoms with Gasteiger partial charge in [0.25, 0.3) is 54.0 Å². The van der Waals surface area contributed by atoms with E-state index < -0.39 is 95.2 Å². The largest absolute Gasteiger partial charge is 0.351 e. The first-order chi connectivity index (χ1) is 39.1. The molecule has 83 heavy (non-hydrogen) atoms. The van der Waals surface area contributed by atoms with Crippen molar-refractivity contribution >= 4 is 86.9 Å². The van der Waals surface area contributed by atoms with Crippen LogP contribution in [0.5, 0.6) is 0 Å². The first-order valence-corrected chi connectivity index (χ1v) is 32.1. The van der Waals surface area contributed by atoms with E-state index in [1.54, 1.807) is 26.0 Å². The zero-order chi connectivity index (χ0) is 60.4. The van der Waals surface area contributed by atoms with Gasteiger partial charge in [-0.2, -0.15) is 29.8 Å². The summed E-state index contributed by atoms with van der Waals surface area (Å²) in [6.45, 7) is 14.1. The van der Waals surface area contributed by atoms with Crippen LogP contribution in [0.4, 0.5) is 5.69 Å². The van der Waals surface area contributed by atoms with Gasteiger partial charge >= 0.3 is 0 Å². The molecule has 0 radical (unpaired) electrons. The van der Waals surface area contributed by atoms with Crippen LogP contribution in [0.3, 0.4) is 0 Å². The van der Waals surface area contributed by atoms with Crippen molar-refractivity contribution < 1.29 is 62.7 Å². The third kappa shape index (κ3) is 13.5. The Bertz CT molecular complexity index is 3970. The molecular formula is C60H68N7O13S3+. The van der Waals surface area contributed by atoms with E-state index in [2.05, 4.69) is 82.6 Å². The van der Waals surface area contributed by atoms with Crippen molar-refractivity contribution in [3.8, 4) is 22.3 Å². The van der Waals surface area contributed by atoms with Crippen molar-refractivity contribution in [2.24, 2.45) is 0 Å². The predicted molar refractivity (Wildman–Crippen MR) is 320 cm³/mol. The zero-order valence-corrected chi connectivity index (χ0v) is 49.6. The number of amides is 4. The van der Waals surface area contributed by atoms with Gasteiger partial charge in [-0.05, 0) is 126 Å². The van der Waals surface area contributed by atoms with Crippen molar-refractivity contribution in [2.45, 2.75) is 84.5 Å². The predicted octanol–water partition coefficient (Wildman–Crippen LogP) is 7.86. The van der Waals surface area contributed by atoms with Gasteiger partial charge in [0.15, 0.2) is 5.71 Å². The van der Waals surface area contributed by atoms with Crippen molar-refractivity contribution in [3.63, 3.8) is 0 Å². The fourth-order valence-corrected chi connectivity index (χ4v) is 12.7. The van der Waals surface area contributed by atoms with E-state index in [0.29, 0.717) is 29.8 Å². The molecule has 438 valence electrons. The molecule has 23 heteroatoms. The van der Waals surface area contributed by atoms with Crippen LogP contribution in [-0.2, 0) is 41.2 Å².